The zero-order valence-electron chi connectivity index (χ0n) is 9.65. The topological polar surface area (TPSA) is 80.0 Å². The number of aromatic nitrogens is 1. The van der Waals surface area contributed by atoms with Gasteiger partial charge in [-0.3, -0.25) is 4.79 Å². The van der Waals surface area contributed by atoms with Crippen molar-refractivity contribution in [1.29, 1.82) is 0 Å². The molecule has 98 valence electrons. The van der Waals surface area contributed by atoms with E-state index in [0.29, 0.717) is 17.1 Å². The number of carbonyl (C=O) groups is 1. The van der Waals surface area contributed by atoms with Crippen LogP contribution in [0, 0.1) is 5.82 Å². The summed E-state index contributed by atoms with van der Waals surface area (Å²) in [5.74, 6) is 4.56. The fourth-order valence-electron chi connectivity index (χ4n) is 1.43. The highest BCUT2D eigenvalue weighted by molar-refractivity contribution is 6.30. The fraction of sp³-hybridized carbons (Fsp3) is 0. The molecule has 0 saturated heterocycles. The van der Waals surface area contributed by atoms with E-state index >= 15 is 0 Å². The third-order valence-corrected chi connectivity index (χ3v) is 2.65. The molecule has 0 radical (unpaired) electrons. The van der Waals surface area contributed by atoms with Gasteiger partial charge >= 0.3 is 0 Å². The predicted molar refractivity (Wildman–Crippen MR) is 71.4 cm³/mol. The molecule has 2 aromatic rings. The molecule has 1 amide bonds. The summed E-state index contributed by atoms with van der Waals surface area (Å²) < 4.78 is 13.2. The number of anilines is 2. The van der Waals surface area contributed by atoms with Crippen LogP contribution in [-0.4, -0.2) is 10.9 Å². The summed E-state index contributed by atoms with van der Waals surface area (Å²) in [6.07, 6.45) is 1.44. The Morgan fingerprint density at radius 3 is 2.79 bits per heavy atom. The first-order chi connectivity index (χ1) is 9.10. The third kappa shape index (κ3) is 3.18. The van der Waals surface area contributed by atoms with Gasteiger partial charge in [0.2, 0.25) is 0 Å². The lowest BCUT2D eigenvalue weighted by molar-refractivity contribution is 0.102. The number of benzene rings is 1. The molecule has 5 nitrogen and oxygen atoms in total. The van der Waals surface area contributed by atoms with Crippen LogP contribution >= 0.6 is 11.6 Å². The van der Waals surface area contributed by atoms with Crippen molar-refractivity contribution in [3.8, 4) is 0 Å². The molecule has 0 fully saturated rings. The number of hydrazine groups is 1. The molecule has 0 atom stereocenters. The van der Waals surface area contributed by atoms with Gasteiger partial charge in [-0.15, -0.1) is 0 Å². The first-order valence-corrected chi connectivity index (χ1v) is 5.67. The number of hydrogen-bond donors (Lipinski definition) is 3. The van der Waals surface area contributed by atoms with Crippen molar-refractivity contribution in [2.24, 2.45) is 5.84 Å². The number of amides is 1. The second-order valence-electron chi connectivity index (χ2n) is 3.66. The number of halogens is 2. The number of carbonyl (C=O) groups excluding carboxylic acids is 1. The van der Waals surface area contributed by atoms with Crippen LogP contribution in [-0.2, 0) is 0 Å². The normalized spacial score (nSPS) is 10.1. The molecule has 4 N–H and O–H groups in total. The number of hydrogen-bond acceptors (Lipinski definition) is 4. The van der Waals surface area contributed by atoms with Gasteiger partial charge in [0.15, 0.2) is 0 Å². The summed E-state index contributed by atoms with van der Waals surface area (Å²) in [4.78, 5) is 15.8. The molecule has 19 heavy (non-hydrogen) atoms. The van der Waals surface area contributed by atoms with Gasteiger partial charge in [0.05, 0.1) is 5.02 Å². The van der Waals surface area contributed by atoms with E-state index in [2.05, 4.69) is 15.7 Å². The lowest BCUT2D eigenvalue weighted by Crippen LogP contribution is -2.14. The maximum absolute atomic E-state index is 13.2. The van der Waals surface area contributed by atoms with E-state index in [9.17, 15) is 9.18 Å². The number of rotatable bonds is 3. The predicted octanol–water partition coefficient (Wildman–Crippen LogP) is 2.41. The summed E-state index contributed by atoms with van der Waals surface area (Å²) >= 11 is 5.56. The minimum absolute atomic E-state index is 0.00321. The smallest absolute Gasteiger partial charge is 0.255 e. The SMILES string of the molecule is NNc1cc(C(=O)Nc2ccc(Cl)c(F)c2)ccn1. The minimum Gasteiger partial charge on any atom is -0.322 e. The van der Waals surface area contributed by atoms with Gasteiger partial charge in [0, 0.05) is 17.4 Å². The number of nitrogen functional groups attached to an aromatic ring is 1. The van der Waals surface area contributed by atoms with Gasteiger partial charge in [-0.05, 0) is 30.3 Å². The van der Waals surface area contributed by atoms with E-state index in [0.717, 1.165) is 6.07 Å². The Bertz CT molecular complexity index is 620. The van der Waals surface area contributed by atoms with Crippen LogP contribution in [0.4, 0.5) is 15.9 Å². The van der Waals surface area contributed by atoms with E-state index in [1.165, 1.54) is 30.5 Å². The Morgan fingerprint density at radius 1 is 1.32 bits per heavy atom. The highest BCUT2D eigenvalue weighted by Crippen LogP contribution is 2.19. The number of nitrogens with two attached hydrogens (primary N) is 1. The van der Waals surface area contributed by atoms with Gasteiger partial charge in [-0.25, -0.2) is 15.2 Å². The molecule has 1 aromatic carbocycles. The van der Waals surface area contributed by atoms with Gasteiger partial charge in [0.25, 0.3) is 5.91 Å². The molecule has 0 aliphatic carbocycles. The van der Waals surface area contributed by atoms with Crippen molar-refractivity contribution in [1.82, 2.24) is 4.98 Å². The van der Waals surface area contributed by atoms with Crippen LogP contribution < -0.4 is 16.6 Å². The van der Waals surface area contributed by atoms with Crippen LogP contribution in [0.3, 0.4) is 0 Å². The number of nitrogens with zero attached hydrogens (tertiary/aromatic N) is 1. The zero-order chi connectivity index (χ0) is 13.8. The van der Waals surface area contributed by atoms with E-state index < -0.39 is 11.7 Å². The summed E-state index contributed by atoms with van der Waals surface area (Å²) in [6.45, 7) is 0. The summed E-state index contributed by atoms with van der Waals surface area (Å²) in [5.41, 5.74) is 2.99. The van der Waals surface area contributed by atoms with Crippen molar-refractivity contribution in [2.45, 2.75) is 0 Å². The van der Waals surface area contributed by atoms with Gasteiger partial charge in [0.1, 0.15) is 11.6 Å². The van der Waals surface area contributed by atoms with Crippen LogP contribution in [0.2, 0.25) is 5.02 Å². The van der Waals surface area contributed by atoms with E-state index in [4.69, 9.17) is 17.4 Å². The standard InChI is InChI=1S/C12H10ClFN4O/c13-9-2-1-8(6-10(9)14)17-12(19)7-3-4-16-11(5-7)18-15/h1-6H,15H2,(H,16,18)(H,17,19). The molecule has 2 rings (SSSR count). The van der Waals surface area contributed by atoms with Crippen molar-refractivity contribution in [3.63, 3.8) is 0 Å². The molecule has 0 aliphatic heterocycles. The van der Waals surface area contributed by atoms with Crippen molar-refractivity contribution >= 4 is 29.0 Å². The van der Waals surface area contributed by atoms with Crippen LogP contribution in [0.5, 0.6) is 0 Å². The second-order valence-corrected chi connectivity index (χ2v) is 4.06. The molecule has 7 heteroatoms. The van der Waals surface area contributed by atoms with Crippen LogP contribution in [0.15, 0.2) is 36.5 Å². The zero-order valence-corrected chi connectivity index (χ0v) is 10.4. The first kappa shape index (κ1) is 13.3. The Balaban J connectivity index is 2.18. The molecular formula is C12H10ClFN4O. The maximum Gasteiger partial charge on any atom is 0.255 e. The molecule has 0 saturated carbocycles. The third-order valence-electron chi connectivity index (χ3n) is 2.35. The first-order valence-electron chi connectivity index (χ1n) is 5.29. The van der Waals surface area contributed by atoms with E-state index in [1.807, 2.05) is 0 Å². The quantitative estimate of drug-likeness (QED) is 0.596. The molecular weight excluding hydrogens is 271 g/mol. The number of pyridine rings is 1. The fourth-order valence-corrected chi connectivity index (χ4v) is 1.55. The number of nitrogens with one attached hydrogen (secondary N) is 2. The summed E-state index contributed by atoms with van der Waals surface area (Å²) in [6, 6.07) is 7.01. The van der Waals surface area contributed by atoms with Crippen molar-refractivity contribution < 1.29 is 9.18 Å². The van der Waals surface area contributed by atoms with Gasteiger partial charge in [-0.1, -0.05) is 11.6 Å². The van der Waals surface area contributed by atoms with Crippen molar-refractivity contribution in [2.75, 3.05) is 10.7 Å². The monoisotopic (exact) mass is 280 g/mol. The average molecular weight is 281 g/mol. The van der Waals surface area contributed by atoms with E-state index in [1.54, 1.807) is 0 Å². The summed E-state index contributed by atoms with van der Waals surface area (Å²) in [7, 11) is 0. The van der Waals surface area contributed by atoms with Gasteiger partial charge in [-0.2, -0.15) is 0 Å². The molecule has 0 unspecified atom stereocenters. The van der Waals surface area contributed by atoms with E-state index in [-0.39, 0.29) is 5.02 Å². The molecule has 0 aliphatic rings. The molecule has 1 heterocycles. The Morgan fingerprint density at radius 2 is 2.11 bits per heavy atom. The minimum atomic E-state index is -0.599. The maximum atomic E-state index is 13.2. The second kappa shape index (κ2) is 5.64. The highest BCUT2D eigenvalue weighted by atomic mass is 35.5. The summed E-state index contributed by atoms with van der Waals surface area (Å²) in [5, 5.41) is 2.54. The Hall–Kier alpha value is -2.18. The molecule has 0 spiro atoms. The van der Waals surface area contributed by atoms with Crippen LogP contribution in [0.1, 0.15) is 10.4 Å². The lowest BCUT2D eigenvalue weighted by Gasteiger charge is -2.07. The van der Waals surface area contributed by atoms with Gasteiger partial charge < -0.3 is 10.7 Å². The average Bonchev–Trinajstić information content (AvgIpc) is 2.43. The highest BCUT2D eigenvalue weighted by Gasteiger charge is 2.08. The Kier molecular flexibility index (Phi) is 3.94. The van der Waals surface area contributed by atoms with Crippen LogP contribution in [0.25, 0.3) is 0 Å². The molecule has 0 bridgehead atoms. The Labute approximate surface area is 113 Å². The lowest BCUT2D eigenvalue weighted by atomic mass is 10.2. The molecule has 1 aromatic heterocycles. The van der Waals surface area contributed by atoms with Crippen molar-refractivity contribution in [3.05, 3.63) is 52.9 Å². The largest absolute Gasteiger partial charge is 0.322 e.